The van der Waals surface area contributed by atoms with E-state index in [1.54, 1.807) is 12.1 Å². The standard InChI is InChI=1S/C18H19Cl2FN2/c19-17-5-4-13(10-18(17)20)12-23(15-6-8-22-9-7-15)16-3-1-2-14(21)11-16/h1-5,10-11,15,22H,6-9,12H2. The maximum Gasteiger partial charge on any atom is 0.125 e. The van der Waals surface area contributed by atoms with Crippen molar-refractivity contribution in [3.63, 3.8) is 0 Å². The Hall–Kier alpha value is -1.29. The Labute approximate surface area is 146 Å². The van der Waals surface area contributed by atoms with Gasteiger partial charge in [-0.25, -0.2) is 4.39 Å². The number of anilines is 1. The Morgan fingerprint density at radius 2 is 1.83 bits per heavy atom. The van der Waals surface area contributed by atoms with E-state index in [0.29, 0.717) is 22.6 Å². The summed E-state index contributed by atoms with van der Waals surface area (Å²) in [5.41, 5.74) is 1.98. The van der Waals surface area contributed by atoms with Crippen LogP contribution in [0.4, 0.5) is 10.1 Å². The first-order valence-corrected chi connectivity index (χ1v) is 8.56. The summed E-state index contributed by atoms with van der Waals surface area (Å²) in [6.45, 7) is 2.65. The molecule has 23 heavy (non-hydrogen) atoms. The van der Waals surface area contributed by atoms with Crippen LogP contribution in [0.25, 0.3) is 0 Å². The molecule has 0 unspecified atom stereocenters. The predicted molar refractivity (Wildman–Crippen MR) is 94.9 cm³/mol. The lowest BCUT2D eigenvalue weighted by Gasteiger charge is -2.36. The van der Waals surface area contributed by atoms with Gasteiger partial charge in [0.1, 0.15) is 5.82 Å². The second kappa shape index (κ2) is 7.52. The van der Waals surface area contributed by atoms with Crippen LogP contribution in [-0.4, -0.2) is 19.1 Å². The van der Waals surface area contributed by atoms with E-state index in [-0.39, 0.29) is 5.82 Å². The van der Waals surface area contributed by atoms with Gasteiger partial charge in [0.25, 0.3) is 0 Å². The third-order valence-corrected chi connectivity index (χ3v) is 4.97. The van der Waals surface area contributed by atoms with E-state index in [9.17, 15) is 4.39 Å². The number of nitrogens with zero attached hydrogens (tertiary/aromatic N) is 1. The summed E-state index contributed by atoms with van der Waals surface area (Å²) >= 11 is 12.1. The minimum absolute atomic E-state index is 0.212. The summed E-state index contributed by atoms with van der Waals surface area (Å²) in [5.74, 6) is -0.212. The van der Waals surface area contributed by atoms with E-state index >= 15 is 0 Å². The predicted octanol–water partition coefficient (Wildman–Crippen LogP) is 4.89. The van der Waals surface area contributed by atoms with E-state index in [4.69, 9.17) is 23.2 Å². The van der Waals surface area contributed by atoms with Gasteiger partial charge in [0.15, 0.2) is 0 Å². The van der Waals surface area contributed by atoms with Gasteiger partial charge in [-0.05, 0) is 61.8 Å². The van der Waals surface area contributed by atoms with Gasteiger partial charge in [0, 0.05) is 18.3 Å². The molecule has 3 rings (SSSR count). The highest BCUT2D eigenvalue weighted by atomic mass is 35.5. The van der Waals surface area contributed by atoms with Crippen molar-refractivity contribution in [1.29, 1.82) is 0 Å². The van der Waals surface area contributed by atoms with Gasteiger partial charge in [0.05, 0.1) is 10.0 Å². The Kier molecular flexibility index (Phi) is 5.42. The van der Waals surface area contributed by atoms with Crippen LogP contribution >= 0.6 is 23.2 Å². The molecule has 1 N–H and O–H groups in total. The number of hydrogen-bond acceptors (Lipinski definition) is 2. The molecule has 0 saturated carbocycles. The fourth-order valence-corrected chi connectivity index (χ4v) is 3.36. The zero-order valence-corrected chi connectivity index (χ0v) is 14.2. The zero-order chi connectivity index (χ0) is 16.2. The summed E-state index contributed by atoms with van der Waals surface area (Å²) in [7, 11) is 0. The van der Waals surface area contributed by atoms with Crippen molar-refractivity contribution < 1.29 is 4.39 Å². The molecule has 1 heterocycles. The van der Waals surface area contributed by atoms with Crippen molar-refractivity contribution in [2.24, 2.45) is 0 Å². The maximum absolute atomic E-state index is 13.7. The fraction of sp³-hybridized carbons (Fsp3) is 0.333. The minimum atomic E-state index is -0.212. The topological polar surface area (TPSA) is 15.3 Å². The fourth-order valence-electron chi connectivity index (χ4n) is 3.04. The summed E-state index contributed by atoms with van der Waals surface area (Å²) in [4.78, 5) is 2.27. The molecular formula is C18H19Cl2FN2. The van der Waals surface area contributed by atoms with Gasteiger partial charge in [-0.2, -0.15) is 0 Å². The molecular weight excluding hydrogens is 334 g/mol. The highest BCUT2D eigenvalue weighted by Gasteiger charge is 2.22. The minimum Gasteiger partial charge on any atom is -0.364 e. The van der Waals surface area contributed by atoms with Crippen molar-refractivity contribution >= 4 is 28.9 Å². The lowest BCUT2D eigenvalue weighted by atomic mass is 10.0. The van der Waals surface area contributed by atoms with E-state index in [1.165, 1.54) is 6.07 Å². The van der Waals surface area contributed by atoms with Crippen LogP contribution in [0.2, 0.25) is 10.0 Å². The van der Waals surface area contributed by atoms with E-state index in [1.807, 2.05) is 24.3 Å². The molecule has 1 saturated heterocycles. The number of rotatable bonds is 4. The lowest BCUT2D eigenvalue weighted by Crippen LogP contribution is -2.43. The smallest absolute Gasteiger partial charge is 0.125 e. The third-order valence-electron chi connectivity index (χ3n) is 4.23. The zero-order valence-electron chi connectivity index (χ0n) is 12.7. The van der Waals surface area contributed by atoms with Crippen LogP contribution in [0.15, 0.2) is 42.5 Å². The SMILES string of the molecule is Fc1cccc(N(Cc2ccc(Cl)c(Cl)c2)C2CCNCC2)c1. The van der Waals surface area contributed by atoms with Gasteiger partial charge in [-0.15, -0.1) is 0 Å². The average Bonchev–Trinajstić information content (AvgIpc) is 2.56. The van der Waals surface area contributed by atoms with E-state index in [2.05, 4.69) is 10.2 Å². The number of piperidine rings is 1. The van der Waals surface area contributed by atoms with Crippen molar-refractivity contribution in [3.8, 4) is 0 Å². The molecule has 0 bridgehead atoms. The molecule has 0 radical (unpaired) electrons. The van der Waals surface area contributed by atoms with Gasteiger partial charge < -0.3 is 10.2 Å². The van der Waals surface area contributed by atoms with Crippen LogP contribution < -0.4 is 10.2 Å². The Morgan fingerprint density at radius 1 is 1.04 bits per heavy atom. The Morgan fingerprint density at radius 3 is 2.52 bits per heavy atom. The monoisotopic (exact) mass is 352 g/mol. The van der Waals surface area contributed by atoms with Crippen LogP contribution in [0, 0.1) is 5.82 Å². The molecule has 2 nitrogen and oxygen atoms in total. The van der Waals surface area contributed by atoms with Gasteiger partial charge in [0.2, 0.25) is 0 Å². The summed E-state index contributed by atoms with van der Waals surface area (Å²) in [6.07, 6.45) is 2.08. The second-order valence-corrected chi connectivity index (χ2v) is 6.65. The molecule has 1 aliphatic rings. The van der Waals surface area contributed by atoms with Crippen molar-refractivity contribution in [3.05, 3.63) is 63.9 Å². The molecule has 0 aliphatic carbocycles. The van der Waals surface area contributed by atoms with Crippen molar-refractivity contribution in [1.82, 2.24) is 5.32 Å². The Bertz CT molecular complexity index is 672. The average molecular weight is 353 g/mol. The van der Waals surface area contributed by atoms with Crippen LogP contribution in [0.5, 0.6) is 0 Å². The third kappa shape index (κ3) is 4.17. The van der Waals surface area contributed by atoms with Crippen LogP contribution in [0.1, 0.15) is 18.4 Å². The highest BCUT2D eigenvalue weighted by molar-refractivity contribution is 6.42. The molecule has 1 fully saturated rings. The first-order chi connectivity index (χ1) is 11.1. The van der Waals surface area contributed by atoms with E-state index < -0.39 is 0 Å². The molecule has 0 aromatic heterocycles. The Balaban J connectivity index is 1.89. The van der Waals surface area contributed by atoms with Gasteiger partial charge in [-0.3, -0.25) is 0 Å². The lowest BCUT2D eigenvalue weighted by molar-refractivity contribution is 0.428. The normalized spacial score (nSPS) is 15.6. The number of nitrogens with one attached hydrogen (secondary N) is 1. The molecule has 0 amide bonds. The first-order valence-electron chi connectivity index (χ1n) is 7.80. The second-order valence-electron chi connectivity index (χ2n) is 5.84. The van der Waals surface area contributed by atoms with Crippen molar-refractivity contribution in [2.45, 2.75) is 25.4 Å². The molecule has 0 atom stereocenters. The van der Waals surface area contributed by atoms with Crippen molar-refractivity contribution in [2.75, 3.05) is 18.0 Å². The largest absolute Gasteiger partial charge is 0.364 e. The summed E-state index contributed by atoms with van der Waals surface area (Å²) in [5, 5.41) is 4.47. The number of halogens is 3. The number of benzene rings is 2. The van der Waals surface area contributed by atoms with Crippen LogP contribution in [0.3, 0.4) is 0 Å². The molecule has 2 aromatic carbocycles. The quantitative estimate of drug-likeness (QED) is 0.842. The molecule has 5 heteroatoms. The summed E-state index contributed by atoms with van der Waals surface area (Å²) in [6, 6.07) is 12.8. The van der Waals surface area contributed by atoms with Gasteiger partial charge >= 0.3 is 0 Å². The molecule has 0 spiro atoms. The molecule has 122 valence electrons. The van der Waals surface area contributed by atoms with E-state index in [0.717, 1.165) is 37.2 Å². The number of hydrogen-bond donors (Lipinski definition) is 1. The summed E-state index contributed by atoms with van der Waals surface area (Å²) < 4.78 is 13.7. The highest BCUT2D eigenvalue weighted by Crippen LogP contribution is 2.28. The molecule has 2 aromatic rings. The van der Waals surface area contributed by atoms with Crippen LogP contribution in [-0.2, 0) is 6.54 Å². The maximum atomic E-state index is 13.7. The van der Waals surface area contributed by atoms with Gasteiger partial charge in [-0.1, -0.05) is 35.3 Å². The molecule has 1 aliphatic heterocycles. The first kappa shape index (κ1) is 16.6.